The fourth-order valence-electron chi connectivity index (χ4n) is 3.84. The van der Waals surface area contributed by atoms with E-state index in [0.717, 1.165) is 0 Å². The number of nitrogens with two attached hydrogens (primary N) is 1. The lowest BCUT2D eigenvalue weighted by molar-refractivity contribution is -0.186. The highest BCUT2D eigenvalue weighted by atomic mass is 16.6. The van der Waals surface area contributed by atoms with E-state index in [1.807, 2.05) is 0 Å². The minimum absolute atomic E-state index is 0.00602. The van der Waals surface area contributed by atoms with Gasteiger partial charge in [-0.25, -0.2) is 19.6 Å². The Morgan fingerprint density at radius 1 is 0.977 bits per heavy atom. The fraction of sp³-hybridized carbons (Fsp3) is 0.280. The number of H-pyrrole nitrogens is 1. The third kappa shape index (κ3) is 8.44. The number of hydrogen-bond donors (Lipinski definition) is 8. The van der Waals surface area contributed by atoms with Gasteiger partial charge in [0.2, 0.25) is 11.5 Å². The van der Waals surface area contributed by atoms with Crippen molar-refractivity contribution in [1.29, 1.82) is 0 Å². The van der Waals surface area contributed by atoms with Crippen LogP contribution in [0.2, 0.25) is 0 Å². The lowest BCUT2D eigenvalue weighted by atomic mass is 9.95. The predicted molar refractivity (Wildman–Crippen MR) is 145 cm³/mol. The number of carboxylic acid groups (broad SMARTS) is 4. The number of aliphatic carboxylic acids is 4. The minimum Gasteiger partial charge on any atom is -0.481 e. The van der Waals surface area contributed by atoms with Gasteiger partial charge in [0.05, 0.1) is 31.3 Å². The summed E-state index contributed by atoms with van der Waals surface area (Å²) in [6.07, 6.45) is -2.70. The molecule has 0 spiro atoms. The van der Waals surface area contributed by atoms with Crippen molar-refractivity contribution in [1.82, 2.24) is 25.3 Å². The van der Waals surface area contributed by atoms with Crippen LogP contribution in [0.25, 0.3) is 11.2 Å². The molecule has 1 aromatic carbocycles. The molecule has 9 N–H and O–H groups in total. The Kier molecular flexibility index (Phi) is 10.1. The number of rotatable bonds is 15. The van der Waals surface area contributed by atoms with Gasteiger partial charge in [0.1, 0.15) is 6.04 Å². The number of carbonyl (C=O) groups is 6. The second-order valence-electron chi connectivity index (χ2n) is 9.23. The van der Waals surface area contributed by atoms with Crippen LogP contribution < -0.4 is 21.9 Å². The van der Waals surface area contributed by atoms with Crippen LogP contribution in [0.5, 0.6) is 0 Å². The Morgan fingerprint density at radius 3 is 2.18 bits per heavy atom. The molecule has 0 aliphatic heterocycles. The summed E-state index contributed by atoms with van der Waals surface area (Å²) in [4.78, 5) is 96.8. The van der Waals surface area contributed by atoms with Gasteiger partial charge in [-0.1, -0.05) is 0 Å². The van der Waals surface area contributed by atoms with Gasteiger partial charge in [0.25, 0.3) is 11.5 Å². The van der Waals surface area contributed by atoms with Crippen molar-refractivity contribution in [2.75, 3.05) is 11.1 Å². The third-order valence-corrected chi connectivity index (χ3v) is 5.92. The number of nitrogens with one attached hydrogen (secondary N) is 3. The maximum absolute atomic E-state index is 12.7. The van der Waals surface area contributed by atoms with Crippen LogP contribution in [-0.4, -0.2) is 87.8 Å². The minimum atomic E-state index is -2.92. The van der Waals surface area contributed by atoms with Gasteiger partial charge in [0.15, 0.2) is 11.2 Å². The number of aromatic amines is 1. The maximum atomic E-state index is 12.7. The molecule has 0 saturated carbocycles. The molecule has 3 rings (SSSR count). The zero-order chi connectivity index (χ0) is 32.6. The second kappa shape index (κ2) is 13.7. The monoisotopic (exact) mass is 615 g/mol. The van der Waals surface area contributed by atoms with E-state index in [2.05, 4.69) is 30.6 Å². The quantitative estimate of drug-likeness (QED) is 0.0968. The molecule has 1 unspecified atom stereocenters. The topological polar surface area (TPSA) is 314 Å². The first-order valence-electron chi connectivity index (χ1n) is 12.5. The van der Waals surface area contributed by atoms with Crippen molar-refractivity contribution in [2.45, 2.75) is 43.9 Å². The SMILES string of the molecule is Nc1nc2ncc(CNc3ccc(C(=O)NC(CCC(=O)OC(CC(=O)O)(CC(=O)O)C(=O)O)C(=O)O)cc3)nc2c(=O)[nH]1. The van der Waals surface area contributed by atoms with E-state index in [1.165, 1.54) is 30.5 Å². The molecule has 1 atom stereocenters. The Morgan fingerprint density at radius 2 is 1.61 bits per heavy atom. The molecule has 1 amide bonds. The summed E-state index contributed by atoms with van der Waals surface area (Å²) in [5, 5.41) is 42.0. The van der Waals surface area contributed by atoms with Crippen molar-refractivity contribution in [3.63, 3.8) is 0 Å². The summed E-state index contributed by atoms with van der Waals surface area (Å²) in [6, 6.07) is 4.09. The number of aromatic nitrogens is 4. The number of ether oxygens (including phenoxy) is 1. The van der Waals surface area contributed by atoms with Crippen LogP contribution in [-0.2, 0) is 35.3 Å². The van der Waals surface area contributed by atoms with Crippen LogP contribution >= 0.6 is 0 Å². The van der Waals surface area contributed by atoms with Crippen LogP contribution in [0, 0.1) is 0 Å². The molecule has 232 valence electrons. The molecule has 2 heterocycles. The van der Waals surface area contributed by atoms with E-state index in [4.69, 9.17) is 20.7 Å². The second-order valence-corrected chi connectivity index (χ2v) is 9.23. The Labute approximate surface area is 245 Å². The van der Waals surface area contributed by atoms with Gasteiger partial charge >= 0.3 is 29.8 Å². The van der Waals surface area contributed by atoms with Gasteiger partial charge in [-0.05, 0) is 30.7 Å². The summed E-state index contributed by atoms with van der Waals surface area (Å²) >= 11 is 0. The van der Waals surface area contributed by atoms with E-state index in [-0.39, 0.29) is 29.2 Å². The number of carbonyl (C=O) groups excluding carboxylic acids is 2. The average molecular weight is 616 g/mol. The van der Waals surface area contributed by atoms with Gasteiger partial charge in [-0.2, -0.15) is 4.98 Å². The molecule has 0 aliphatic rings. The van der Waals surface area contributed by atoms with Crippen molar-refractivity contribution in [2.24, 2.45) is 0 Å². The summed E-state index contributed by atoms with van der Waals surface area (Å²) in [7, 11) is 0. The molecule has 0 fully saturated rings. The molecule has 3 aromatic rings. The first-order valence-corrected chi connectivity index (χ1v) is 12.5. The van der Waals surface area contributed by atoms with E-state index in [9.17, 15) is 43.8 Å². The lowest BCUT2D eigenvalue weighted by Crippen LogP contribution is -2.47. The fourth-order valence-corrected chi connectivity index (χ4v) is 3.84. The van der Waals surface area contributed by atoms with Crippen molar-refractivity contribution >= 4 is 58.6 Å². The smallest absolute Gasteiger partial charge is 0.349 e. The lowest BCUT2D eigenvalue weighted by Gasteiger charge is -2.26. The van der Waals surface area contributed by atoms with E-state index < -0.39 is 78.6 Å². The van der Waals surface area contributed by atoms with Crippen molar-refractivity contribution < 1.29 is 53.9 Å². The molecule has 19 heteroatoms. The summed E-state index contributed by atoms with van der Waals surface area (Å²) in [5.41, 5.74) is 3.03. The highest BCUT2D eigenvalue weighted by Gasteiger charge is 2.47. The van der Waals surface area contributed by atoms with Crippen LogP contribution in [0.15, 0.2) is 35.3 Å². The molecule has 0 aliphatic carbocycles. The number of esters is 1. The summed E-state index contributed by atoms with van der Waals surface area (Å²) < 4.78 is 4.69. The Bertz CT molecular complexity index is 1660. The number of nitrogens with zero attached hydrogens (tertiary/aromatic N) is 3. The molecular formula is C25H25N7O12. The first kappa shape index (κ1) is 32.4. The number of anilines is 2. The number of benzene rings is 1. The first-order chi connectivity index (χ1) is 20.7. The number of nitrogen functional groups attached to an aromatic ring is 1. The highest BCUT2D eigenvalue weighted by molar-refractivity contribution is 5.97. The molecule has 0 bridgehead atoms. The van der Waals surface area contributed by atoms with Crippen LogP contribution in [0.3, 0.4) is 0 Å². The molecule has 0 saturated heterocycles. The molecule has 0 radical (unpaired) electrons. The number of amides is 1. The largest absolute Gasteiger partial charge is 0.481 e. The van der Waals surface area contributed by atoms with Crippen molar-refractivity contribution in [3.8, 4) is 0 Å². The standard InChI is InChI=1S/C25H25N7O12/c26-24-31-19-18(21(39)32-24)29-13(10-28-19)9-27-12-3-1-11(2-4-12)20(38)30-14(22(40)41)5-6-17(37)44-25(23(42)43,7-15(33)34)8-16(35)36/h1-4,10,14,27H,5-9H2,(H,30,38)(H,33,34)(H,35,36)(H,40,41)(H,42,43)(H3,26,28,31,32,39). The molecular weight excluding hydrogens is 590 g/mol. The summed E-state index contributed by atoms with van der Waals surface area (Å²) in [5.74, 6) is -9.37. The Balaban J connectivity index is 1.59. The predicted octanol–water partition coefficient (Wildman–Crippen LogP) is -0.813. The molecule has 44 heavy (non-hydrogen) atoms. The van der Waals surface area contributed by atoms with Crippen LogP contribution in [0.4, 0.5) is 11.6 Å². The Hall–Kier alpha value is -6.14. The maximum Gasteiger partial charge on any atom is 0.349 e. The number of hydrogen-bond acceptors (Lipinski definition) is 13. The van der Waals surface area contributed by atoms with Gasteiger partial charge in [-0.3, -0.25) is 29.0 Å². The van der Waals surface area contributed by atoms with Gasteiger partial charge in [-0.15, -0.1) is 0 Å². The zero-order valence-corrected chi connectivity index (χ0v) is 22.5. The summed E-state index contributed by atoms with van der Waals surface area (Å²) in [6.45, 7) is 0.136. The number of carboxylic acids is 4. The van der Waals surface area contributed by atoms with E-state index >= 15 is 0 Å². The van der Waals surface area contributed by atoms with E-state index in [0.29, 0.717) is 11.4 Å². The van der Waals surface area contributed by atoms with Crippen molar-refractivity contribution in [3.05, 3.63) is 52.1 Å². The highest BCUT2D eigenvalue weighted by Crippen LogP contribution is 2.23. The zero-order valence-electron chi connectivity index (χ0n) is 22.5. The van der Waals surface area contributed by atoms with Gasteiger partial charge in [0, 0.05) is 17.7 Å². The average Bonchev–Trinajstić information content (AvgIpc) is 2.93. The van der Waals surface area contributed by atoms with E-state index in [1.54, 1.807) is 0 Å². The third-order valence-electron chi connectivity index (χ3n) is 5.92. The van der Waals surface area contributed by atoms with Crippen LogP contribution in [0.1, 0.15) is 41.7 Å². The molecule has 19 nitrogen and oxygen atoms in total. The normalized spacial score (nSPS) is 11.7. The van der Waals surface area contributed by atoms with Gasteiger partial charge < -0.3 is 41.5 Å². The number of fused-ring (bicyclic) bond motifs is 1. The molecule has 2 aromatic heterocycles.